The van der Waals surface area contributed by atoms with Crippen LogP contribution in [0.5, 0.6) is 0 Å². The first-order valence-corrected chi connectivity index (χ1v) is 8.58. The van der Waals surface area contributed by atoms with Crippen molar-refractivity contribution >= 4 is 17.7 Å². The number of rotatable bonds is 4. The van der Waals surface area contributed by atoms with Crippen molar-refractivity contribution in [3.8, 4) is 11.4 Å². The highest BCUT2D eigenvalue weighted by Gasteiger charge is 2.42. The lowest BCUT2D eigenvalue weighted by atomic mass is 9.90. The lowest BCUT2D eigenvalue weighted by Gasteiger charge is -2.20. The van der Waals surface area contributed by atoms with E-state index in [0.717, 1.165) is 0 Å². The van der Waals surface area contributed by atoms with Crippen molar-refractivity contribution in [1.29, 1.82) is 0 Å². The van der Waals surface area contributed by atoms with E-state index < -0.39 is 23.2 Å². The number of halogens is 1. The number of anilines is 1. The Morgan fingerprint density at radius 2 is 2.11 bits per heavy atom. The van der Waals surface area contributed by atoms with Crippen LogP contribution in [0.15, 0.2) is 18.2 Å². The molecule has 2 amide bonds. The monoisotopic (exact) mass is 376 g/mol. The Bertz CT molecular complexity index is 883. The molecule has 1 aromatic heterocycles. The zero-order valence-electron chi connectivity index (χ0n) is 15.3. The highest BCUT2D eigenvalue weighted by molar-refractivity contribution is 5.90. The minimum Gasteiger partial charge on any atom is -0.481 e. The predicted molar refractivity (Wildman–Crippen MR) is 94.5 cm³/mol. The number of urea groups is 1. The fraction of sp³-hybridized carbons (Fsp3) is 0.471. The second-order valence-corrected chi connectivity index (χ2v) is 7.20. The van der Waals surface area contributed by atoms with Gasteiger partial charge in [0.1, 0.15) is 5.82 Å². The molecule has 1 aromatic carbocycles. The van der Waals surface area contributed by atoms with Crippen molar-refractivity contribution in [3.05, 3.63) is 24.0 Å². The van der Waals surface area contributed by atoms with Crippen molar-refractivity contribution in [2.24, 2.45) is 5.41 Å². The van der Waals surface area contributed by atoms with Crippen LogP contribution < -0.4 is 5.32 Å². The van der Waals surface area contributed by atoms with Gasteiger partial charge in [-0.15, -0.1) is 5.10 Å². The summed E-state index contributed by atoms with van der Waals surface area (Å²) < 4.78 is 16.1. The number of tetrazole rings is 1. The third-order valence-electron chi connectivity index (χ3n) is 4.72. The summed E-state index contributed by atoms with van der Waals surface area (Å²) in [4.78, 5) is 25.1. The van der Waals surface area contributed by atoms with E-state index in [0.29, 0.717) is 18.8 Å². The van der Waals surface area contributed by atoms with Crippen molar-refractivity contribution in [3.63, 3.8) is 0 Å². The maximum absolute atomic E-state index is 14.6. The van der Waals surface area contributed by atoms with Crippen LogP contribution in [0.3, 0.4) is 0 Å². The van der Waals surface area contributed by atoms with Crippen LogP contribution >= 0.6 is 0 Å². The first kappa shape index (κ1) is 18.7. The van der Waals surface area contributed by atoms with Gasteiger partial charge in [-0.1, -0.05) is 0 Å². The highest BCUT2D eigenvalue weighted by atomic mass is 19.1. The molecule has 27 heavy (non-hydrogen) atoms. The summed E-state index contributed by atoms with van der Waals surface area (Å²) >= 11 is 0. The number of hydrogen-bond acceptors (Lipinski definition) is 5. The summed E-state index contributed by atoms with van der Waals surface area (Å²) in [7, 11) is 0. The second-order valence-electron chi connectivity index (χ2n) is 7.20. The molecule has 2 heterocycles. The molecule has 1 saturated heterocycles. The number of carboxylic acids is 1. The molecule has 0 saturated carbocycles. The van der Waals surface area contributed by atoms with Gasteiger partial charge in [-0.2, -0.15) is 0 Å². The zero-order chi connectivity index (χ0) is 19.8. The first-order chi connectivity index (χ1) is 12.7. The van der Waals surface area contributed by atoms with Crippen LogP contribution in [0.1, 0.15) is 33.2 Å². The summed E-state index contributed by atoms with van der Waals surface area (Å²) in [5.74, 6) is -1.20. The van der Waals surface area contributed by atoms with Crippen molar-refractivity contribution in [1.82, 2.24) is 25.1 Å². The summed E-state index contributed by atoms with van der Waals surface area (Å²) in [5.41, 5.74) is -0.458. The van der Waals surface area contributed by atoms with Crippen LogP contribution in [0, 0.1) is 11.2 Å². The lowest BCUT2D eigenvalue weighted by molar-refractivity contribution is -0.146. The Balaban J connectivity index is 1.74. The smallest absolute Gasteiger partial charge is 0.321 e. The number of likely N-dealkylation sites (tertiary alicyclic amines) is 1. The highest BCUT2D eigenvalue weighted by Crippen LogP contribution is 2.31. The van der Waals surface area contributed by atoms with E-state index in [9.17, 15) is 19.1 Å². The fourth-order valence-electron chi connectivity index (χ4n) is 3.00. The van der Waals surface area contributed by atoms with E-state index in [1.807, 2.05) is 13.8 Å². The van der Waals surface area contributed by atoms with Crippen LogP contribution in [0.4, 0.5) is 14.9 Å². The van der Waals surface area contributed by atoms with Gasteiger partial charge in [-0.3, -0.25) is 4.79 Å². The average Bonchev–Trinajstić information content (AvgIpc) is 3.22. The number of hydrogen-bond donors (Lipinski definition) is 2. The number of carbonyl (C=O) groups excluding carboxylic acids is 1. The molecular formula is C17H21FN6O3. The van der Waals surface area contributed by atoms with Crippen LogP contribution in [0.2, 0.25) is 0 Å². The molecule has 0 aliphatic carbocycles. The van der Waals surface area contributed by atoms with Gasteiger partial charge in [0, 0.05) is 18.8 Å². The van der Waals surface area contributed by atoms with Gasteiger partial charge in [0.25, 0.3) is 0 Å². The van der Waals surface area contributed by atoms with E-state index in [4.69, 9.17) is 0 Å². The molecule has 0 spiro atoms. The Kier molecular flexibility index (Phi) is 4.81. The van der Waals surface area contributed by atoms with Gasteiger partial charge in [0.2, 0.25) is 0 Å². The lowest BCUT2D eigenvalue weighted by Crippen LogP contribution is -2.37. The molecular weight excluding hydrogens is 355 g/mol. The molecule has 9 nitrogen and oxygen atoms in total. The molecule has 0 bridgehead atoms. The number of nitrogens with one attached hydrogen (secondary N) is 1. The number of carboxylic acid groups (broad SMARTS) is 1. The van der Waals surface area contributed by atoms with Gasteiger partial charge < -0.3 is 15.3 Å². The van der Waals surface area contributed by atoms with E-state index in [1.165, 1.54) is 21.7 Å². The molecule has 1 aliphatic heterocycles. The zero-order valence-corrected chi connectivity index (χ0v) is 15.3. The fourth-order valence-corrected chi connectivity index (χ4v) is 3.00. The Morgan fingerprint density at radius 1 is 1.37 bits per heavy atom. The van der Waals surface area contributed by atoms with Crippen LogP contribution in [0.25, 0.3) is 11.4 Å². The first-order valence-electron chi connectivity index (χ1n) is 8.58. The van der Waals surface area contributed by atoms with Gasteiger partial charge in [-0.05, 0) is 55.8 Å². The van der Waals surface area contributed by atoms with E-state index >= 15 is 0 Å². The molecule has 2 aromatic rings. The van der Waals surface area contributed by atoms with Gasteiger partial charge >= 0.3 is 12.0 Å². The summed E-state index contributed by atoms with van der Waals surface area (Å²) in [6.45, 7) is 5.81. The molecule has 0 radical (unpaired) electrons. The minimum absolute atomic E-state index is 0.0347. The quantitative estimate of drug-likeness (QED) is 0.847. The summed E-state index contributed by atoms with van der Waals surface area (Å²) in [6, 6.07) is 3.76. The summed E-state index contributed by atoms with van der Waals surface area (Å²) in [6.07, 6.45) is 0.376. The number of benzene rings is 1. The number of aromatic nitrogens is 4. The normalized spacial score (nSPS) is 19.5. The third kappa shape index (κ3) is 3.60. The number of nitrogens with zero attached hydrogens (tertiary/aromatic N) is 5. The number of carbonyl (C=O) groups is 2. The maximum Gasteiger partial charge on any atom is 0.321 e. The molecule has 3 rings (SSSR count). The van der Waals surface area contributed by atoms with Crippen LogP contribution in [-0.4, -0.2) is 55.3 Å². The Morgan fingerprint density at radius 3 is 2.70 bits per heavy atom. The molecule has 1 atom stereocenters. The molecule has 144 valence electrons. The van der Waals surface area contributed by atoms with Gasteiger partial charge in [-0.25, -0.2) is 13.9 Å². The third-order valence-corrected chi connectivity index (χ3v) is 4.72. The average molecular weight is 376 g/mol. The van der Waals surface area contributed by atoms with Crippen LogP contribution in [-0.2, 0) is 4.79 Å². The Hall–Kier alpha value is -3.04. The standard InChI is InChI=1S/C17H21FN6O3/c1-10(2)24-14(20-21-22-24)12-5-4-11(8-13(12)18)19-16(27)23-7-6-17(3,9-23)15(25)26/h4-5,8,10H,6-7,9H2,1-3H3,(H,19,27)(H,25,26). The summed E-state index contributed by atoms with van der Waals surface area (Å²) in [5, 5.41) is 23.2. The number of aliphatic carboxylic acids is 1. The molecule has 2 N–H and O–H groups in total. The molecule has 1 fully saturated rings. The van der Waals surface area contributed by atoms with Crippen molar-refractivity contribution in [2.45, 2.75) is 33.2 Å². The predicted octanol–water partition coefficient (Wildman–Crippen LogP) is 2.39. The largest absolute Gasteiger partial charge is 0.481 e. The second kappa shape index (κ2) is 6.93. The van der Waals surface area contributed by atoms with E-state index in [2.05, 4.69) is 20.8 Å². The number of amides is 2. The molecule has 1 aliphatic rings. The molecule has 10 heteroatoms. The topological polar surface area (TPSA) is 113 Å². The molecule has 1 unspecified atom stereocenters. The van der Waals surface area contributed by atoms with E-state index in [-0.39, 0.29) is 23.8 Å². The van der Waals surface area contributed by atoms with Crippen molar-refractivity contribution in [2.75, 3.05) is 18.4 Å². The van der Waals surface area contributed by atoms with E-state index in [1.54, 1.807) is 13.0 Å². The van der Waals surface area contributed by atoms with Gasteiger partial charge in [0.05, 0.1) is 17.0 Å². The minimum atomic E-state index is -0.958. The van der Waals surface area contributed by atoms with Gasteiger partial charge in [0.15, 0.2) is 5.82 Å². The van der Waals surface area contributed by atoms with Crippen molar-refractivity contribution < 1.29 is 19.1 Å². The maximum atomic E-state index is 14.6. The Labute approximate surface area is 155 Å². The SMILES string of the molecule is CC(C)n1nnnc1-c1ccc(NC(=O)N2CCC(C)(C(=O)O)C2)cc1F.